The van der Waals surface area contributed by atoms with Gasteiger partial charge in [0.15, 0.2) is 0 Å². The van der Waals surface area contributed by atoms with Crippen LogP contribution in [0.5, 0.6) is 0 Å². The van der Waals surface area contributed by atoms with E-state index in [0.717, 1.165) is 60.9 Å². The fourth-order valence-corrected chi connectivity index (χ4v) is 4.31. The van der Waals surface area contributed by atoms with Gasteiger partial charge in [-0.05, 0) is 87.6 Å². The fourth-order valence-electron chi connectivity index (χ4n) is 3.28. The molecule has 3 aromatic rings. The zero-order chi connectivity index (χ0) is 24.5. The number of allylic oxidation sites excluding steroid dienone is 6. The van der Waals surface area contributed by atoms with Crippen LogP contribution < -0.4 is 0 Å². The first kappa shape index (κ1) is 25.2. The van der Waals surface area contributed by atoms with E-state index < -0.39 is 0 Å². The first-order valence-electron chi connectivity index (χ1n) is 11.3. The third-order valence-corrected chi connectivity index (χ3v) is 6.83. The van der Waals surface area contributed by atoms with Gasteiger partial charge in [0, 0.05) is 22.2 Å². The number of thioether (sulfide) groups is 1. The molecule has 0 unspecified atom stereocenters. The maximum Gasteiger partial charge on any atom is 0.0931 e. The van der Waals surface area contributed by atoms with E-state index in [0.29, 0.717) is 0 Å². The van der Waals surface area contributed by atoms with Crippen molar-refractivity contribution in [3.8, 4) is 0 Å². The summed E-state index contributed by atoms with van der Waals surface area (Å²) < 4.78 is 0. The summed E-state index contributed by atoms with van der Waals surface area (Å²) in [6, 6.07) is 8.43. The Labute approximate surface area is 207 Å². The number of nitrogens with one attached hydrogen (secondary N) is 1. The largest absolute Gasteiger partial charge is 0.345 e. The number of imidazole rings is 1. The van der Waals surface area contributed by atoms with Crippen LogP contribution >= 0.6 is 11.8 Å². The lowest BCUT2D eigenvalue weighted by molar-refractivity contribution is 1.06. The summed E-state index contributed by atoms with van der Waals surface area (Å²) in [6.07, 6.45) is 16.7. The average molecular weight is 469 g/mol. The Morgan fingerprint density at radius 1 is 1.18 bits per heavy atom. The van der Waals surface area contributed by atoms with Crippen LogP contribution in [0.3, 0.4) is 0 Å². The molecular weight excluding hydrogens is 436 g/mol. The summed E-state index contributed by atoms with van der Waals surface area (Å²) in [5.41, 5.74) is 8.57. The van der Waals surface area contributed by atoms with Crippen LogP contribution in [0.1, 0.15) is 44.5 Å². The Morgan fingerprint density at radius 2 is 2.00 bits per heavy atom. The fraction of sp³-hybridized carbons (Fsp3) is 0.207. The molecule has 0 aliphatic rings. The van der Waals surface area contributed by atoms with Gasteiger partial charge in [0.25, 0.3) is 0 Å². The molecule has 174 valence electrons. The molecule has 0 saturated heterocycles. The molecule has 3 rings (SSSR count). The van der Waals surface area contributed by atoms with Crippen molar-refractivity contribution in [3.63, 3.8) is 0 Å². The Balaban J connectivity index is 1.86. The van der Waals surface area contributed by atoms with Gasteiger partial charge in [0.05, 0.1) is 28.8 Å². The average Bonchev–Trinajstić information content (AvgIpc) is 3.32. The van der Waals surface area contributed by atoms with Crippen LogP contribution in [-0.2, 0) is 6.42 Å². The SMILES string of the molecule is C=C/C(C)=C(\C=C\c1ccc2nc[nH]c2c1)Sc1cc(C/C=C(N=CC)\C(C)=C/C)cnc1C. The van der Waals surface area contributed by atoms with E-state index in [-0.39, 0.29) is 0 Å². The number of fused-ring (bicyclic) bond motifs is 1. The minimum Gasteiger partial charge on any atom is -0.345 e. The first-order chi connectivity index (χ1) is 16.4. The molecule has 0 aliphatic carbocycles. The van der Waals surface area contributed by atoms with E-state index in [9.17, 15) is 0 Å². The minimum atomic E-state index is 0.776. The highest BCUT2D eigenvalue weighted by atomic mass is 32.2. The molecular formula is C29H32N4S. The molecule has 0 fully saturated rings. The molecule has 0 amide bonds. The second-order valence-corrected chi connectivity index (χ2v) is 9.03. The normalized spacial score (nSPS) is 13.8. The number of hydrogen-bond donors (Lipinski definition) is 1. The van der Waals surface area contributed by atoms with Crippen molar-refractivity contribution in [3.05, 3.63) is 106 Å². The maximum absolute atomic E-state index is 4.67. The van der Waals surface area contributed by atoms with Gasteiger partial charge in [0.1, 0.15) is 0 Å². The van der Waals surface area contributed by atoms with Crippen molar-refractivity contribution >= 4 is 35.1 Å². The summed E-state index contributed by atoms with van der Waals surface area (Å²) in [4.78, 5) is 18.9. The molecule has 34 heavy (non-hydrogen) atoms. The van der Waals surface area contributed by atoms with Gasteiger partial charge in [-0.1, -0.05) is 48.7 Å². The van der Waals surface area contributed by atoms with E-state index in [4.69, 9.17) is 0 Å². The Morgan fingerprint density at radius 3 is 2.74 bits per heavy atom. The summed E-state index contributed by atoms with van der Waals surface area (Å²) >= 11 is 1.72. The summed E-state index contributed by atoms with van der Waals surface area (Å²) in [5, 5.41) is 0. The molecule has 0 bridgehead atoms. The number of aliphatic imine (C=N–C) groups is 1. The van der Waals surface area contributed by atoms with Crippen molar-refractivity contribution in [2.24, 2.45) is 4.99 Å². The van der Waals surface area contributed by atoms with Crippen molar-refractivity contribution in [1.29, 1.82) is 0 Å². The van der Waals surface area contributed by atoms with Gasteiger partial charge in [0.2, 0.25) is 0 Å². The van der Waals surface area contributed by atoms with Crippen LogP contribution in [-0.4, -0.2) is 21.2 Å². The summed E-state index contributed by atoms with van der Waals surface area (Å²) in [7, 11) is 0. The zero-order valence-corrected chi connectivity index (χ0v) is 21.4. The molecule has 0 atom stereocenters. The van der Waals surface area contributed by atoms with Crippen molar-refractivity contribution < 1.29 is 0 Å². The minimum absolute atomic E-state index is 0.776. The van der Waals surface area contributed by atoms with Crippen LogP contribution in [0.4, 0.5) is 0 Å². The second kappa shape index (κ2) is 12.1. The van der Waals surface area contributed by atoms with Gasteiger partial charge in [-0.15, -0.1) is 0 Å². The Hall–Kier alpha value is -3.44. The number of aromatic nitrogens is 3. The topological polar surface area (TPSA) is 53.9 Å². The predicted molar refractivity (Wildman–Crippen MR) is 148 cm³/mol. The standard InChI is InChI=1S/C29H32N4S/c1-7-20(4)25(30-9-3)13-11-24-17-29(22(6)31-18-24)34-28(21(5)8-2)15-12-23-10-14-26-27(16-23)33-19-32-26/h7-10,12-19H,2,11H2,1,3-6H3,(H,32,33)/b15-12+,20-7-,25-13+,28-21+,30-9?. The van der Waals surface area contributed by atoms with E-state index in [1.807, 2.05) is 38.4 Å². The van der Waals surface area contributed by atoms with Crippen LogP contribution in [0.25, 0.3) is 17.1 Å². The lowest BCUT2D eigenvalue weighted by Crippen LogP contribution is -1.92. The van der Waals surface area contributed by atoms with E-state index in [1.165, 1.54) is 0 Å². The number of aromatic amines is 1. The number of nitrogens with zero attached hydrogens (tertiary/aromatic N) is 3. The lowest BCUT2D eigenvalue weighted by atomic mass is 10.1. The maximum atomic E-state index is 4.67. The monoisotopic (exact) mass is 468 g/mol. The highest BCUT2D eigenvalue weighted by Crippen LogP contribution is 2.33. The molecule has 1 aromatic carbocycles. The van der Waals surface area contributed by atoms with E-state index in [1.54, 1.807) is 18.1 Å². The van der Waals surface area contributed by atoms with E-state index >= 15 is 0 Å². The third kappa shape index (κ3) is 6.55. The smallest absolute Gasteiger partial charge is 0.0931 e. The zero-order valence-electron chi connectivity index (χ0n) is 20.6. The molecule has 0 spiro atoms. The number of hydrogen-bond acceptors (Lipinski definition) is 4. The van der Waals surface area contributed by atoms with E-state index in [2.05, 4.69) is 89.8 Å². The van der Waals surface area contributed by atoms with Crippen LogP contribution in [0.2, 0.25) is 0 Å². The highest BCUT2D eigenvalue weighted by Gasteiger charge is 2.08. The van der Waals surface area contributed by atoms with Gasteiger partial charge >= 0.3 is 0 Å². The number of rotatable bonds is 9. The second-order valence-electron chi connectivity index (χ2n) is 7.95. The number of H-pyrrole nitrogens is 1. The number of benzene rings is 1. The molecule has 5 heteroatoms. The number of pyridine rings is 1. The Bertz CT molecular complexity index is 1320. The summed E-state index contributed by atoms with van der Waals surface area (Å²) in [6.45, 7) is 14.2. The highest BCUT2D eigenvalue weighted by molar-refractivity contribution is 8.03. The van der Waals surface area contributed by atoms with Gasteiger partial charge in [-0.2, -0.15) is 0 Å². The van der Waals surface area contributed by atoms with Crippen LogP contribution in [0.15, 0.2) is 99.3 Å². The molecule has 4 nitrogen and oxygen atoms in total. The lowest BCUT2D eigenvalue weighted by Gasteiger charge is -2.10. The van der Waals surface area contributed by atoms with Gasteiger partial charge in [-0.25, -0.2) is 4.98 Å². The predicted octanol–water partition coefficient (Wildman–Crippen LogP) is 8.02. The molecule has 0 aliphatic heterocycles. The van der Waals surface area contributed by atoms with Crippen LogP contribution in [0, 0.1) is 6.92 Å². The third-order valence-electron chi connectivity index (χ3n) is 5.52. The van der Waals surface area contributed by atoms with Crippen molar-refractivity contribution in [2.75, 3.05) is 0 Å². The number of aryl methyl sites for hydroxylation is 1. The van der Waals surface area contributed by atoms with Crippen molar-refractivity contribution in [2.45, 2.75) is 45.9 Å². The molecule has 1 N–H and O–H groups in total. The molecule has 2 heterocycles. The van der Waals surface area contributed by atoms with Crippen molar-refractivity contribution in [1.82, 2.24) is 15.0 Å². The van der Waals surface area contributed by atoms with Gasteiger partial charge < -0.3 is 4.98 Å². The quantitative estimate of drug-likeness (QED) is 0.196. The first-order valence-corrected chi connectivity index (χ1v) is 12.2. The molecule has 0 radical (unpaired) electrons. The Kier molecular flexibility index (Phi) is 9.00. The molecule has 2 aromatic heterocycles. The molecule has 0 saturated carbocycles. The van der Waals surface area contributed by atoms with Gasteiger partial charge in [-0.3, -0.25) is 9.98 Å². The summed E-state index contributed by atoms with van der Waals surface area (Å²) in [5.74, 6) is 0.